The van der Waals surface area contributed by atoms with E-state index in [2.05, 4.69) is 0 Å². The van der Waals surface area contributed by atoms with Gasteiger partial charge in [0.05, 0.1) is 0 Å². The SMILES string of the molecule is NCC1CC1CC12CC3CC(CC(C3)C1)C2. The molecule has 0 aromatic rings. The van der Waals surface area contributed by atoms with Gasteiger partial charge < -0.3 is 5.73 Å². The molecule has 0 aliphatic heterocycles. The normalized spacial score (nSPS) is 57.9. The summed E-state index contributed by atoms with van der Waals surface area (Å²) in [7, 11) is 0. The zero-order valence-electron chi connectivity index (χ0n) is 10.3. The smallest absolute Gasteiger partial charge is 0.00461 e. The highest BCUT2D eigenvalue weighted by molar-refractivity contribution is 5.04. The van der Waals surface area contributed by atoms with Crippen LogP contribution in [-0.2, 0) is 0 Å². The van der Waals surface area contributed by atoms with E-state index in [1.165, 1.54) is 6.42 Å². The molecule has 1 heteroatoms. The van der Waals surface area contributed by atoms with E-state index in [-0.39, 0.29) is 0 Å². The second-order valence-corrected chi connectivity index (χ2v) is 7.61. The Hall–Kier alpha value is -0.0400. The number of rotatable bonds is 3. The van der Waals surface area contributed by atoms with Crippen LogP contribution in [0.1, 0.15) is 51.4 Å². The second-order valence-electron chi connectivity index (χ2n) is 7.61. The van der Waals surface area contributed by atoms with Gasteiger partial charge in [-0.1, -0.05) is 0 Å². The third-order valence-corrected chi connectivity index (χ3v) is 6.23. The van der Waals surface area contributed by atoms with Gasteiger partial charge in [-0.25, -0.2) is 0 Å². The fraction of sp³-hybridized carbons (Fsp3) is 1.00. The molecule has 5 fully saturated rings. The van der Waals surface area contributed by atoms with Crippen LogP contribution < -0.4 is 5.73 Å². The van der Waals surface area contributed by atoms with E-state index >= 15 is 0 Å². The minimum absolute atomic E-state index is 0.809. The summed E-state index contributed by atoms with van der Waals surface area (Å²) in [6.07, 6.45) is 12.5. The fourth-order valence-electron chi connectivity index (χ4n) is 5.95. The molecule has 2 N–H and O–H groups in total. The van der Waals surface area contributed by atoms with Gasteiger partial charge in [0.25, 0.3) is 0 Å². The second kappa shape index (κ2) is 3.25. The van der Waals surface area contributed by atoms with Gasteiger partial charge in [0, 0.05) is 0 Å². The lowest BCUT2D eigenvalue weighted by atomic mass is 9.48. The van der Waals surface area contributed by atoms with Crippen molar-refractivity contribution >= 4 is 0 Å². The van der Waals surface area contributed by atoms with Crippen molar-refractivity contribution < 1.29 is 0 Å². The summed E-state index contributed by atoms with van der Waals surface area (Å²) in [6.45, 7) is 0.955. The quantitative estimate of drug-likeness (QED) is 0.775. The summed E-state index contributed by atoms with van der Waals surface area (Å²) >= 11 is 0. The van der Waals surface area contributed by atoms with Gasteiger partial charge in [0.1, 0.15) is 0 Å². The van der Waals surface area contributed by atoms with E-state index in [0.29, 0.717) is 0 Å². The first-order valence-electron chi connectivity index (χ1n) is 7.46. The monoisotopic (exact) mass is 219 g/mol. The van der Waals surface area contributed by atoms with Crippen LogP contribution in [-0.4, -0.2) is 6.54 Å². The molecule has 5 aliphatic rings. The van der Waals surface area contributed by atoms with Crippen molar-refractivity contribution in [1.82, 2.24) is 0 Å². The van der Waals surface area contributed by atoms with Gasteiger partial charge >= 0.3 is 0 Å². The summed E-state index contributed by atoms with van der Waals surface area (Å²) in [4.78, 5) is 0. The molecule has 2 atom stereocenters. The Bertz CT molecular complexity index is 261. The number of nitrogens with two attached hydrogens (primary N) is 1. The van der Waals surface area contributed by atoms with Crippen molar-refractivity contribution in [1.29, 1.82) is 0 Å². The number of hydrogen-bond donors (Lipinski definition) is 1. The molecule has 0 spiro atoms. The molecular formula is C15H25N. The fourth-order valence-corrected chi connectivity index (χ4v) is 5.95. The molecular weight excluding hydrogens is 194 g/mol. The average molecular weight is 219 g/mol. The largest absolute Gasteiger partial charge is 0.330 e. The van der Waals surface area contributed by atoms with E-state index < -0.39 is 0 Å². The first-order chi connectivity index (χ1) is 7.76. The molecule has 90 valence electrons. The molecule has 5 saturated carbocycles. The Morgan fingerprint density at radius 2 is 1.38 bits per heavy atom. The first kappa shape index (κ1) is 9.94. The van der Waals surface area contributed by atoms with Crippen LogP contribution in [0.2, 0.25) is 0 Å². The molecule has 2 unspecified atom stereocenters. The van der Waals surface area contributed by atoms with Crippen molar-refractivity contribution in [2.75, 3.05) is 6.54 Å². The number of hydrogen-bond acceptors (Lipinski definition) is 1. The van der Waals surface area contributed by atoms with E-state index in [9.17, 15) is 0 Å². The van der Waals surface area contributed by atoms with Crippen molar-refractivity contribution in [3.05, 3.63) is 0 Å². The van der Waals surface area contributed by atoms with Crippen molar-refractivity contribution in [2.45, 2.75) is 51.4 Å². The van der Waals surface area contributed by atoms with Gasteiger partial charge in [-0.05, 0) is 92.9 Å². The molecule has 5 aliphatic carbocycles. The molecule has 4 bridgehead atoms. The molecule has 5 rings (SSSR count). The third-order valence-electron chi connectivity index (χ3n) is 6.23. The van der Waals surface area contributed by atoms with E-state index in [0.717, 1.165) is 41.5 Å². The van der Waals surface area contributed by atoms with Gasteiger partial charge in [0.15, 0.2) is 0 Å². The highest BCUT2D eigenvalue weighted by atomic mass is 14.6. The van der Waals surface area contributed by atoms with E-state index in [1.54, 1.807) is 44.9 Å². The van der Waals surface area contributed by atoms with Crippen molar-refractivity contribution in [3.8, 4) is 0 Å². The first-order valence-corrected chi connectivity index (χ1v) is 7.46. The predicted octanol–water partition coefficient (Wildman–Crippen LogP) is 3.19. The highest BCUT2D eigenvalue weighted by Gasteiger charge is 2.53. The lowest BCUT2D eigenvalue weighted by molar-refractivity contribution is -0.0607. The topological polar surface area (TPSA) is 26.0 Å². The maximum Gasteiger partial charge on any atom is -0.00461 e. The van der Waals surface area contributed by atoms with Gasteiger partial charge in [-0.2, -0.15) is 0 Å². The van der Waals surface area contributed by atoms with Gasteiger partial charge in [-0.3, -0.25) is 0 Å². The molecule has 0 aromatic heterocycles. The Balaban J connectivity index is 1.49. The molecule has 0 saturated heterocycles. The zero-order chi connectivity index (χ0) is 10.8. The van der Waals surface area contributed by atoms with Crippen LogP contribution in [0.15, 0.2) is 0 Å². The summed E-state index contributed by atoms with van der Waals surface area (Å²) in [5.41, 5.74) is 6.60. The molecule has 0 heterocycles. The highest BCUT2D eigenvalue weighted by Crippen LogP contribution is 2.64. The molecule has 16 heavy (non-hydrogen) atoms. The molecule has 0 aromatic carbocycles. The summed E-state index contributed by atoms with van der Waals surface area (Å²) < 4.78 is 0. The van der Waals surface area contributed by atoms with Crippen LogP contribution in [0.3, 0.4) is 0 Å². The summed E-state index contributed by atoms with van der Waals surface area (Å²) in [5, 5.41) is 0. The minimum atomic E-state index is 0.809. The predicted molar refractivity (Wildman–Crippen MR) is 65.9 cm³/mol. The lowest BCUT2D eigenvalue weighted by Gasteiger charge is -2.57. The van der Waals surface area contributed by atoms with Crippen LogP contribution in [0.5, 0.6) is 0 Å². The lowest BCUT2D eigenvalue weighted by Crippen LogP contribution is -2.46. The Morgan fingerprint density at radius 1 is 0.812 bits per heavy atom. The van der Waals surface area contributed by atoms with Crippen LogP contribution >= 0.6 is 0 Å². The van der Waals surface area contributed by atoms with Crippen LogP contribution in [0, 0.1) is 35.0 Å². The standard InChI is InChI=1S/C15H25N/c16-9-14-4-13(14)8-15-5-10-1-11(6-15)3-12(2-10)7-15/h10-14H,1-9,16H2. The van der Waals surface area contributed by atoms with Crippen LogP contribution in [0.25, 0.3) is 0 Å². The van der Waals surface area contributed by atoms with Crippen molar-refractivity contribution in [3.63, 3.8) is 0 Å². The van der Waals surface area contributed by atoms with Crippen LogP contribution in [0.4, 0.5) is 0 Å². The van der Waals surface area contributed by atoms with Gasteiger partial charge in [-0.15, -0.1) is 0 Å². The molecule has 0 radical (unpaired) electrons. The maximum absolute atomic E-state index is 5.79. The maximum atomic E-state index is 5.79. The van der Waals surface area contributed by atoms with Crippen molar-refractivity contribution in [2.24, 2.45) is 40.7 Å². The Kier molecular flexibility index (Phi) is 2.02. The van der Waals surface area contributed by atoms with E-state index in [1.807, 2.05) is 0 Å². The Labute approximate surface area is 99.2 Å². The summed E-state index contributed by atoms with van der Waals surface area (Å²) in [6, 6.07) is 0. The van der Waals surface area contributed by atoms with Gasteiger partial charge in [0.2, 0.25) is 0 Å². The zero-order valence-corrected chi connectivity index (χ0v) is 10.3. The molecule has 0 amide bonds. The Morgan fingerprint density at radius 3 is 1.81 bits per heavy atom. The third kappa shape index (κ3) is 1.47. The molecule has 1 nitrogen and oxygen atoms in total. The summed E-state index contributed by atoms with van der Waals surface area (Å²) in [5.74, 6) is 5.32. The average Bonchev–Trinajstić information content (AvgIpc) is 2.93. The van der Waals surface area contributed by atoms with E-state index in [4.69, 9.17) is 5.73 Å². The minimum Gasteiger partial charge on any atom is -0.330 e.